The average Bonchev–Trinajstić information content (AvgIpc) is 3.57. The Kier molecular flexibility index (Phi) is 11.0. The zero-order valence-electron chi connectivity index (χ0n) is 30.7. The monoisotopic (exact) mass is 725 g/mol. The van der Waals surface area contributed by atoms with Crippen molar-refractivity contribution in [3.8, 4) is 11.1 Å². The number of esters is 1. The van der Waals surface area contributed by atoms with Crippen molar-refractivity contribution in [1.82, 2.24) is 5.32 Å². The number of halogens is 1. The van der Waals surface area contributed by atoms with Crippen molar-refractivity contribution in [2.75, 3.05) is 6.61 Å². The maximum atomic E-state index is 14.5. The second kappa shape index (κ2) is 16.0. The number of benzene rings is 5. The number of ether oxygens (including phenoxy) is 2. The number of carbonyl (C=O) groups is 2. The van der Waals surface area contributed by atoms with Crippen molar-refractivity contribution < 1.29 is 19.1 Å². The molecule has 0 aliphatic heterocycles. The number of rotatable bonds is 9. The first-order chi connectivity index (χ1) is 25.8. The Morgan fingerprint density at radius 3 is 1.81 bits per heavy atom. The summed E-state index contributed by atoms with van der Waals surface area (Å²) in [5.41, 5.74) is 5.11. The number of alkyl carbamates (subject to hydrolysis) is 1. The van der Waals surface area contributed by atoms with Gasteiger partial charge in [0.2, 0.25) is 0 Å². The first-order valence-corrected chi connectivity index (χ1v) is 19.4. The molecule has 2 aliphatic carbocycles. The van der Waals surface area contributed by atoms with Gasteiger partial charge in [-0.15, -0.1) is 0 Å². The van der Waals surface area contributed by atoms with Gasteiger partial charge < -0.3 is 14.8 Å². The molecule has 1 fully saturated rings. The van der Waals surface area contributed by atoms with Gasteiger partial charge in [-0.1, -0.05) is 171 Å². The van der Waals surface area contributed by atoms with Crippen LogP contribution in [0.2, 0.25) is 5.02 Å². The summed E-state index contributed by atoms with van der Waals surface area (Å²) in [6, 6.07) is 42.1. The highest BCUT2D eigenvalue weighted by Crippen LogP contribution is 2.46. The minimum Gasteiger partial charge on any atom is -0.449 e. The van der Waals surface area contributed by atoms with E-state index in [2.05, 4.69) is 53.8 Å². The van der Waals surface area contributed by atoms with Crippen molar-refractivity contribution in [1.29, 1.82) is 0 Å². The predicted molar refractivity (Wildman–Crippen MR) is 212 cm³/mol. The normalized spacial score (nSPS) is 16.2. The zero-order chi connectivity index (χ0) is 36.8. The van der Waals surface area contributed by atoms with Gasteiger partial charge in [0.1, 0.15) is 12.1 Å². The van der Waals surface area contributed by atoms with Crippen LogP contribution < -0.4 is 5.32 Å². The third kappa shape index (κ3) is 7.63. The van der Waals surface area contributed by atoms with Crippen LogP contribution in [0.4, 0.5) is 4.79 Å². The number of nitrogens with one attached hydrogen (secondary N) is 1. The molecule has 6 heteroatoms. The molecule has 1 N–H and O–H groups in total. The molecule has 7 rings (SSSR count). The Morgan fingerprint density at radius 1 is 0.660 bits per heavy atom. The molecule has 53 heavy (non-hydrogen) atoms. The predicted octanol–water partition coefficient (Wildman–Crippen LogP) is 11.7. The summed E-state index contributed by atoms with van der Waals surface area (Å²) in [7, 11) is 0. The molecule has 1 unspecified atom stereocenters. The van der Waals surface area contributed by atoms with Crippen LogP contribution in [0, 0.1) is 0 Å². The Hall–Kier alpha value is -4.87. The van der Waals surface area contributed by atoms with E-state index in [1.165, 1.54) is 56.9 Å². The molecule has 0 spiro atoms. The fourth-order valence-electron chi connectivity index (χ4n) is 8.23. The van der Waals surface area contributed by atoms with Gasteiger partial charge in [0.25, 0.3) is 0 Å². The molecule has 1 saturated carbocycles. The number of hydrogen-bond donors (Lipinski definition) is 1. The van der Waals surface area contributed by atoms with E-state index < -0.39 is 23.2 Å². The van der Waals surface area contributed by atoms with E-state index in [-0.39, 0.29) is 12.5 Å². The minimum atomic E-state index is -1.46. The van der Waals surface area contributed by atoms with E-state index in [1.54, 1.807) is 13.8 Å². The lowest BCUT2D eigenvalue weighted by atomic mass is 9.78. The highest BCUT2D eigenvalue weighted by molar-refractivity contribution is 6.31. The van der Waals surface area contributed by atoms with Gasteiger partial charge in [0, 0.05) is 27.6 Å². The van der Waals surface area contributed by atoms with Crippen LogP contribution in [0.25, 0.3) is 11.1 Å². The van der Waals surface area contributed by atoms with Gasteiger partial charge in [-0.2, -0.15) is 0 Å². The van der Waals surface area contributed by atoms with Crippen LogP contribution in [-0.2, 0) is 19.9 Å². The van der Waals surface area contributed by atoms with Crippen LogP contribution in [0.1, 0.15) is 110 Å². The van der Waals surface area contributed by atoms with E-state index in [0.29, 0.717) is 16.5 Å². The van der Waals surface area contributed by atoms with E-state index in [9.17, 15) is 9.59 Å². The van der Waals surface area contributed by atoms with E-state index in [1.807, 2.05) is 78.9 Å². The van der Waals surface area contributed by atoms with Crippen LogP contribution in [0.5, 0.6) is 0 Å². The lowest BCUT2D eigenvalue weighted by Crippen LogP contribution is -2.53. The third-order valence-corrected chi connectivity index (χ3v) is 11.4. The summed E-state index contributed by atoms with van der Waals surface area (Å²) in [5.74, 6) is -0.240. The van der Waals surface area contributed by atoms with Gasteiger partial charge in [-0.25, -0.2) is 9.59 Å². The molecular weight excluding hydrogens is 678 g/mol. The minimum absolute atomic E-state index is 0.107. The van der Waals surface area contributed by atoms with Crippen LogP contribution in [0.3, 0.4) is 0 Å². The highest BCUT2D eigenvalue weighted by Gasteiger charge is 2.46. The lowest BCUT2D eigenvalue weighted by molar-refractivity contribution is -0.160. The maximum absolute atomic E-state index is 14.5. The molecule has 0 saturated heterocycles. The maximum Gasteiger partial charge on any atom is 0.408 e. The van der Waals surface area contributed by atoms with Gasteiger partial charge in [0.15, 0.2) is 5.60 Å². The van der Waals surface area contributed by atoms with Gasteiger partial charge in [-0.3, -0.25) is 0 Å². The van der Waals surface area contributed by atoms with Crippen molar-refractivity contribution in [3.63, 3.8) is 0 Å². The number of hydrogen-bond acceptors (Lipinski definition) is 4. The van der Waals surface area contributed by atoms with Crippen LogP contribution in [-0.4, -0.2) is 24.2 Å². The molecule has 5 aromatic carbocycles. The standard InChI is InChI=1S/C47H48ClNO4/c1-46(2,49-45(51)52-32-41-39-24-14-12-22-37(39)38-23-13-15-25-40(38)41)44(50)53-47(35-20-10-7-11-21-35,42-26-16-17-27-43(42)48)36-30-28-34(29-31-36)33-18-8-5-3-4-6-9-19-33/h7,10-17,20-31,33,41H,3-6,8-9,18-19,32H2,1-2H3,(H,49,51). The summed E-state index contributed by atoms with van der Waals surface area (Å²) < 4.78 is 12.6. The quantitative estimate of drug-likeness (QED) is 0.121. The first-order valence-electron chi connectivity index (χ1n) is 19.1. The molecule has 2 aliphatic rings. The van der Waals surface area contributed by atoms with Crippen LogP contribution >= 0.6 is 11.6 Å². The summed E-state index contributed by atoms with van der Waals surface area (Å²) in [6.07, 6.45) is 9.35. The second-order valence-electron chi connectivity index (χ2n) is 15.0. The first kappa shape index (κ1) is 36.5. The molecule has 5 aromatic rings. The molecule has 1 amide bonds. The molecule has 5 nitrogen and oxygen atoms in total. The highest BCUT2D eigenvalue weighted by atomic mass is 35.5. The Balaban J connectivity index is 1.17. The summed E-state index contributed by atoms with van der Waals surface area (Å²) in [4.78, 5) is 28.0. The molecular formula is C47H48ClNO4. The smallest absolute Gasteiger partial charge is 0.408 e. The Labute approximate surface area is 318 Å². The van der Waals surface area contributed by atoms with Crippen molar-refractivity contribution in [2.24, 2.45) is 0 Å². The second-order valence-corrected chi connectivity index (χ2v) is 15.4. The van der Waals surface area contributed by atoms with E-state index in [0.717, 1.165) is 33.4 Å². The molecule has 0 bridgehead atoms. The fraction of sp³-hybridized carbons (Fsp3) is 0.319. The van der Waals surface area contributed by atoms with E-state index in [4.69, 9.17) is 21.1 Å². The SMILES string of the molecule is CC(C)(NC(=O)OCC1c2ccccc2-c2ccccc21)C(=O)OC(c1ccccc1)(c1ccc(C2CCCCCCCC2)cc1)c1ccccc1Cl. The van der Waals surface area contributed by atoms with Crippen molar-refractivity contribution in [3.05, 3.63) is 166 Å². The largest absolute Gasteiger partial charge is 0.449 e. The molecule has 0 aromatic heterocycles. The number of amides is 1. The molecule has 272 valence electrons. The zero-order valence-corrected chi connectivity index (χ0v) is 31.4. The lowest BCUT2D eigenvalue weighted by Gasteiger charge is -2.38. The van der Waals surface area contributed by atoms with Gasteiger partial charge >= 0.3 is 12.1 Å². The van der Waals surface area contributed by atoms with E-state index >= 15 is 0 Å². The Bertz CT molecular complexity index is 1990. The van der Waals surface area contributed by atoms with Crippen LogP contribution in [0.15, 0.2) is 127 Å². The summed E-state index contributed by atoms with van der Waals surface area (Å²) >= 11 is 6.99. The summed E-state index contributed by atoms with van der Waals surface area (Å²) in [5, 5.41) is 3.28. The molecule has 0 radical (unpaired) electrons. The van der Waals surface area contributed by atoms with Gasteiger partial charge in [-0.05, 0) is 66.5 Å². The molecule has 0 heterocycles. The third-order valence-electron chi connectivity index (χ3n) is 11.1. The van der Waals surface area contributed by atoms with Gasteiger partial charge in [0.05, 0.1) is 0 Å². The van der Waals surface area contributed by atoms with Crippen molar-refractivity contribution in [2.45, 2.75) is 88.2 Å². The molecule has 1 atom stereocenters. The summed E-state index contributed by atoms with van der Waals surface area (Å²) in [6.45, 7) is 3.41. The average molecular weight is 726 g/mol. The fourth-order valence-corrected chi connectivity index (χ4v) is 8.50. The Morgan fingerprint density at radius 2 is 1.19 bits per heavy atom. The van der Waals surface area contributed by atoms with Crippen molar-refractivity contribution >= 4 is 23.7 Å². The number of carbonyl (C=O) groups excluding carboxylic acids is 2. The topological polar surface area (TPSA) is 64.6 Å². The number of fused-ring (bicyclic) bond motifs is 3.